The number of aromatic nitrogens is 3. The Morgan fingerprint density at radius 1 is 1.27 bits per heavy atom. The van der Waals surface area contributed by atoms with Gasteiger partial charge in [0, 0.05) is 0 Å². The summed E-state index contributed by atoms with van der Waals surface area (Å²) in [6, 6.07) is 4.56. The van der Waals surface area contributed by atoms with Gasteiger partial charge in [0.25, 0.3) is 10.0 Å². The molecule has 3 rings (SSSR count). The van der Waals surface area contributed by atoms with Gasteiger partial charge in [-0.25, -0.2) is 28.1 Å². The minimum Gasteiger partial charge on any atom is -0.494 e. The van der Waals surface area contributed by atoms with Crippen molar-refractivity contribution in [3.05, 3.63) is 30.6 Å². The predicted molar refractivity (Wildman–Crippen MR) is 83.4 cm³/mol. The van der Waals surface area contributed by atoms with E-state index in [-0.39, 0.29) is 10.8 Å². The molecule has 0 unspecified atom stereocenters. The zero-order valence-electron chi connectivity index (χ0n) is 11.3. The number of ether oxygens (including phenoxy) is 1. The SMILES string of the molecule is COc1cnc(NS(=O)(=O)c2ccc3nc(N)sc3c2)nc1. The molecule has 1 aromatic carbocycles. The second-order valence-electron chi connectivity index (χ2n) is 4.23. The molecule has 3 N–H and O–H groups in total. The Balaban J connectivity index is 1.92. The Labute approximate surface area is 130 Å². The monoisotopic (exact) mass is 337 g/mol. The molecule has 2 heterocycles. The average Bonchev–Trinajstić information content (AvgIpc) is 2.86. The van der Waals surface area contributed by atoms with Crippen LogP contribution in [0.5, 0.6) is 5.75 Å². The van der Waals surface area contributed by atoms with Gasteiger partial charge in [0.15, 0.2) is 10.9 Å². The summed E-state index contributed by atoms with van der Waals surface area (Å²) in [5.41, 5.74) is 6.27. The van der Waals surface area contributed by atoms with Gasteiger partial charge >= 0.3 is 0 Å². The van der Waals surface area contributed by atoms with E-state index in [1.165, 1.54) is 43.0 Å². The largest absolute Gasteiger partial charge is 0.494 e. The number of sulfonamides is 1. The van der Waals surface area contributed by atoms with Crippen LogP contribution in [0.3, 0.4) is 0 Å². The fourth-order valence-electron chi connectivity index (χ4n) is 1.74. The number of nitrogens with zero attached hydrogens (tertiary/aromatic N) is 3. The van der Waals surface area contributed by atoms with Crippen molar-refractivity contribution < 1.29 is 13.2 Å². The smallest absolute Gasteiger partial charge is 0.264 e. The molecule has 0 atom stereocenters. The van der Waals surface area contributed by atoms with E-state index in [1.807, 2.05) is 0 Å². The molecule has 0 spiro atoms. The fourth-order valence-corrected chi connectivity index (χ4v) is 3.58. The molecule has 114 valence electrons. The number of thiazole rings is 1. The summed E-state index contributed by atoms with van der Waals surface area (Å²) in [5, 5.41) is 0.385. The number of benzene rings is 1. The Morgan fingerprint density at radius 2 is 2.00 bits per heavy atom. The lowest BCUT2D eigenvalue weighted by atomic mass is 10.3. The first kappa shape index (κ1) is 14.5. The van der Waals surface area contributed by atoms with Gasteiger partial charge in [0.2, 0.25) is 5.95 Å². The molecule has 8 nitrogen and oxygen atoms in total. The van der Waals surface area contributed by atoms with Crippen LogP contribution in [0.15, 0.2) is 35.5 Å². The van der Waals surface area contributed by atoms with E-state index in [1.54, 1.807) is 6.07 Å². The first-order valence-corrected chi connectivity index (χ1v) is 8.33. The van der Waals surface area contributed by atoms with Crippen LogP contribution in [0.2, 0.25) is 0 Å². The molecule has 10 heteroatoms. The molecule has 0 fully saturated rings. The van der Waals surface area contributed by atoms with Gasteiger partial charge in [-0.1, -0.05) is 11.3 Å². The zero-order valence-corrected chi connectivity index (χ0v) is 13.0. The highest BCUT2D eigenvalue weighted by Crippen LogP contribution is 2.26. The standard InChI is InChI=1S/C12H11N5O3S2/c1-20-7-5-14-12(15-6-7)17-22(18,19)8-2-3-9-10(4-8)21-11(13)16-9/h2-6H,1H3,(H2,13,16)(H,14,15,17). The van der Waals surface area contributed by atoms with Gasteiger partial charge in [-0.15, -0.1) is 0 Å². The van der Waals surface area contributed by atoms with Crippen LogP contribution < -0.4 is 15.2 Å². The number of anilines is 2. The lowest BCUT2D eigenvalue weighted by molar-refractivity contribution is 0.411. The molecular weight excluding hydrogens is 326 g/mol. The van der Waals surface area contributed by atoms with Crippen LogP contribution in [0, 0.1) is 0 Å². The van der Waals surface area contributed by atoms with Gasteiger partial charge in [0.1, 0.15) is 0 Å². The number of methoxy groups -OCH3 is 1. The first-order valence-electron chi connectivity index (χ1n) is 6.03. The predicted octanol–water partition coefficient (Wildman–Crippen LogP) is 1.48. The van der Waals surface area contributed by atoms with Gasteiger partial charge in [-0.3, -0.25) is 0 Å². The Morgan fingerprint density at radius 3 is 2.68 bits per heavy atom. The molecule has 0 aliphatic rings. The molecule has 0 radical (unpaired) electrons. The van der Waals surface area contributed by atoms with Crippen LogP contribution in [0.4, 0.5) is 11.1 Å². The fraction of sp³-hybridized carbons (Fsp3) is 0.0833. The van der Waals surface area contributed by atoms with Crippen LogP contribution in [-0.2, 0) is 10.0 Å². The third-order valence-electron chi connectivity index (χ3n) is 2.78. The maximum absolute atomic E-state index is 12.3. The Bertz CT molecular complexity index is 922. The molecule has 2 aromatic heterocycles. The van der Waals surface area contributed by atoms with Crippen molar-refractivity contribution in [1.29, 1.82) is 0 Å². The average molecular weight is 337 g/mol. The lowest BCUT2D eigenvalue weighted by Gasteiger charge is -2.06. The van der Waals surface area contributed by atoms with E-state index in [0.29, 0.717) is 21.1 Å². The topological polar surface area (TPSA) is 120 Å². The molecule has 0 bridgehead atoms. The number of nitrogen functional groups attached to an aromatic ring is 1. The molecular formula is C12H11N5O3S2. The molecule has 0 saturated carbocycles. The van der Waals surface area contributed by atoms with Crippen molar-refractivity contribution in [1.82, 2.24) is 15.0 Å². The van der Waals surface area contributed by atoms with Crippen molar-refractivity contribution in [2.75, 3.05) is 17.6 Å². The minimum absolute atomic E-state index is 0.0373. The van der Waals surface area contributed by atoms with Crippen molar-refractivity contribution in [2.45, 2.75) is 4.90 Å². The zero-order chi connectivity index (χ0) is 15.7. The van der Waals surface area contributed by atoms with Crippen LogP contribution in [0.25, 0.3) is 10.2 Å². The van der Waals surface area contributed by atoms with Gasteiger partial charge < -0.3 is 10.5 Å². The first-order chi connectivity index (χ1) is 10.5. The van der Waals surface area contributed by atoms with Crippen LogP contribution in [-0.4, -0.2) is 30.5 Å². The molecule has 3 aromatic rings. The van der Waals surface area contributed by atoms with Gasteiger partial charge in [-0.2, -0.15) is 0 Å². The van der Waals surface area contributed by atoms with Crippen molar-refractivity contribution in [3.8, 4) is 5.75 Å². The Kier molecular flexibility index (Phi) is 3.54. The highest BCUT2D eigenvalue weighted by atomic mass is 32.2. The summed E-state index contributed by atoms with van der Waals surface area (Å²) in [6.07, 6.45) is 2.75. The highest BCUT2D eigenvalue weighted by Gasteiger charge is 2.17. The number of hydrogen-bond acceptors (Lipinski definition) is 8. The summed E-state index contributed by atoms with van der Waals surface area (Å²) in [5.74, 6) is 0.397. The van der Waals surface area contributed by atoms with E-state index < -0.39 is 10.0 Å². The quantitative estimate of drug-likeness (QED) is 0.739. The summed E-state index contributed by atoms with van der Waals surface area (Å²) in [6.45, 7) is 0. The van der Waals surface area contributed by atoms with E-state index in [0.717, 1.165) is 0 Å². The number of hydrogen-bond donors (Lipinski definition) is 2. The summed E-state index contributed by atoms with van der Waals surface area (Å²) >= 11 is 1.22. The van der Waals surface area contributed by atoms with E-state index in [2.05, 4.69) is 19.7 Å². The third-order valence-corrected chi connectivity index (χ3v) is 4.95. The number of fused-ring (bicyclic) bond motifs is 1. The van der Waals surface area contributed by atoms with E-state index >= 15 is 0 Å². The lowest BCUT2D eigenvalue weighted by Crippen LogP contribution is -2.14. The molecule has 0 aliphatic heterocycles. The molecule has 0 saturated heterocycles. The minimum atomic E-state index is -3.79. The van der Waals surface area contributed by atoms with Crippen LogP contribution >= 0.6 is 11.3 Å². The maximum Gasteiger partial charge on any atom is 0.264 e. The normalized spacial score (nSPS) is 11.5. The van der Waals surface area contributed by atoms with Crippen molar-refractivity contribution in [3.63, 3.8) is 0 Å². The molecule has 0 amide bonds. The second-order valence-corrected chi connectivity index (χ2v) is 6.98. The highest BCUT2D eigenvalue weighted by molar-refractivity contribution is 7.92. The maximum atomic E-state index is 12.3. The third kappa shape index (κ3) is 2.78. The van der Waals surface area contributed by atoms with Crippen molar-refractivity contribution in [2.24, 2.45) is 0 Å². The number of nitrogens with two attached hydrogens (primary N) is 1. The number of rotatable bonds is 4. The van der Waals surface area contributed by atoms with Crippen LogP contribution in [0.1, 0.15) is 0 Å². The van der Waals surface area contributed by atoms with E-state index in [9.17, 15) is 8.42 Å². The van der Waals surface area contributed by atoms with Gasteiger partial charge in [0.05, 0.1) is 34.6 Å². The van der Waals surface area contributed by atoms with Crippen molar-refractivity contribution >= 4 is 42.7 Å². The molecule has 22 heavy (non-hydrogen) atoms. The van der Waals surface area contributed by atoms with Gasteiger partial charge in [-0.05, 0) is 18.2 Å². The second kappa shape index (κ2) is 5.39. The number of nitrogens with one attached hydrogen (secondary N) is 1. The summed E-state index contributed by atoms with van der Waals surface area (Å²) in [4.78, 5) is 11.9. The summed E-state index contributed by atoms with van der Waals surface area (Å²) in [7, 11) is -2.32. The Hall–Kier alpha value is -2.46. The molecule has 0 aliphatic carbocycles. The summed E-state index contributed by atoms with van der Waals surface area (Å²) < 4.78 is 32.6. The van der Waals surface area contributed by atoms with E-state index in [4.69, 9.17) is 10.5 Å².